The van der Waals surface area contributed by atoms with Crippen molar-refractivity contribution >= 4 is 5.69 Å². The average molecular weight is 257 g/mol. The Bertz CT molecular complexity index is 571. The Morgan fingerprint density at radius 3 is 2.84 bits per heavy atom. The van der Waals surface area contributed by atoms with E-state index >= 15 is 0 Å². The van der Waals surface area contributed by atoms with Gasteiger partial charge in [-0.2, -0.15) is 4.98 Å². The largest absolute Gasteiger partial charge is 0.398 e. The lowest BCUT2D eigenvalue weighted by molar-refractivity contribution is 0.414. The molecular formula is C15H19N3O. The predicted octanol–water partition coefficient (Wildman–Crippen LogP) is 3.53. The monoisotopic (exact) mass is 257 g/mol. The average Bonchev–Trinajstić information content (AvgIpc) is 2.98. The second-order valence-electron chi connectivity index (χ2n) is 5.61. The van der Waals surface area contributed by atoms with Gasteiger partial charge in [0.2, 0.25) is 0 Å². The third-order valence-corrected chi connectivity index (χ3v) is 4.02. The molecule has 19 heavy (non-hydrogen) atoms. The number of benzene rings is 1. The Kier molecular flexibility index (Phi) is 3.01. The van der Waals surface area contributed by atoms with E-state index in [9.17, 15) is 0 Å². The molecule has 2 N–H and O–H groups in total. The number of aryl methyl sites for hydroxylation is 1. The molecule has 2 aromatic rings. The van der Waals surface area contributed by atoms with E-state index in [1.54, 1.807) is 0 Å². The van der Waals surface area contributed by atoms with Gasteiger partial charge in [-0.1, -0.05) is 24.2 Å². The van der Waals surface area contributed by atoms with E-state index < -0.39 is 0 Å². The Morgan fingerprint density at radius 1 is 1.32 bits per heavy atom. The maximum absolute atomic E-state index is 6.01. The normalized spacial score (nSPS) is 22.8. The quantitative estimate of drug-likeness (QED) is 0.836. The molecule has 0 spiro atoms. The van der Waals surface area contributed by atoms with Crippen LogP contribution in [0.1, 0.15) is 43.5 Å². The van der Waals surface area contributed by atoms with E-state index in [2.05, 4.69) is 17.1 Å². The second-order valence-corrected chi connectivity index (χ2v) is 5.61. The topological polar surface area (TPSA) is 64.9 Å². The van der Waals surface area contributed by atoms with Crippen molar-refractivity contribution < 1.29 is 4.52 Å². The number of nitrogens with zero attached hydrogens (tertiary/aromatic N) is 2. The van der Waals surface area contributed by atoms with Crippen LogP contribution in [0.3, 0.4) is 0 Å². The van der Waals surface area contributed by atoms with Gasteiger partial charge >= 0.3 is 0 Å². The van der Waals surface area contributed by atoms with Crippen LogP contribution >= 0.6 is 0 Å². The summed E-state index contributed by atoms with van der Waals surface area (Å²) in [5, 5.41) is 4.15. The predicted molar refractivity (Wildman–Crippen MR) is 74.6 cm³/mol. The minimum atomic E-state index is 0.442. The first kappa shape index (κ1) is 12.2. The molecule has 1 aromatic heterocycles. The summed E-state index contributed by atoms with van der Waals surface area (Å²) in [6.45, 7) is 4.29. The van der Waals surface area contributed by atoms with Gasteiger partial charge in [0.1, 0.15) is 0 Å². The van der Waals surface area contributed by atoms with E-state index in [1.165, 1.54) is 6.42 Å². The fourth-order valence-corrected chi connectivity index (χ4v) is 2.93. The van der Waals surface area contributed by atoms with Crippen molar-refractivity contribution in [2.24, 2.45) is 5.92 Å². The number of hydrogen-bond acceptors (Lipinski definition) is 4. The van der Waals surface area contributed by atoms with Crippen molar-refractivity contribution in [2.45, 2.75) is 39.0 Å². The van der Waals surface area contributed by atoms with Crippen LogP contribution in [0.5, 0.6) is 0 Å². The molecule has 4 nitrogen and oxygen atoms in total. The van der Waals surface area contributed by atoms with E-state index in [4.69, 9.17) is 10.3 Å². The van der Waals surface area contributed by atoms with Gasteiger partial charge in [0.15, 0.2) is 5.82 Å². The molecule has 2 atom stereocenters. The Labute approximate surface area is 113 Å². The minimum Gasteiger partial charge on any atom is -0.398 e. The van der Waals surface area contributed by atoms with Crippen LogP contribution in [0.25, 0.3) is 11.5 Å². The summed E-state index contributed by atoms with van der Waals surface area (Å²) in [5.41, 5.74) is 8.63. The molecule has 1 saturated carbocycles. The van der Waals surface area contributed by atoms with Crippen LogP contribution in [-0.2, 0) is 0 Å². The van der Waals surface area contributed by atoms with Gasteiger partial charge in [-0.05, 0) is 43.7 Å². The summed E-state index contributed by atoms with van der Waals surface area (Å²) in [7, 11) is 0. The second kappa shape index (κ2) is 4.68. The van der Waals surface area contributed by atoms with Crippen LogP contribution in [0, 0.1) is 12.8 Å². The van der Waals surface area contributed by atoms with Crippen molar-refractivity contribution in [1.82, 2.24) is 10.1 Å². The summed E-state index contributed by atoms with van der Waals surface area (Å²) in [4.78, 5) is 4.56. The zero-order valence-electron chi connectivity index (χ0n) is 11.4. The standard InChI is InChI=1S/C15H19N3O/c1-9-6-7-11(8-9)14-17-15(19-18-14)13-10(2)4-3-5-12(13)16/h3-5,9,11H,6-8,16H2,1-2H3. The van der Waals surface area contributed by atoms with Crippen LogP contribution in [0.15, 0.2) is 22.7 Å². The molecule has 0 amide bonds. The van der Waals surface area contributed by atoms with Crippen molar-refractivity contribution in [3.63, 3.8) is 0 Å². The van der Waals surface area contributed by atoms with Crippen molar-refractivity contribution in [3.8, 4) is 11.5 Å². The molecule has 0 saturated heterocycles. The molecule has 1 aliphatic carbocycles. The SMILES string of the molecule is Cc1cccc(N)c1-c1nc(C2CCC(C)C2)no1. The molecule has 0 bridgehead atoms. The fourth-order valence-electron chi connectivity index (χ4n) is 2.93. The Balaban J connectivity index is 1.93. The molecule has 0 radical (unpaired) electrons. The van der Waals surface area contributed by atoms with Gasteiger partial charge in [-0.15, -0.1) is 0 Å². The minimum absolute atomic E-state index is 0.442. The van der Waals surface area contributed by atoms with E-state index in [1.807, 2.05) is 25.1 Å². The lowest BCUT2D eigenvalue weighted by Crippen LogP contribution is -1.97. The first-order chi connectivity index (χ1) is 9.15. The molecular weight excluding hydrogens is 238 g/mol. The van der Waals surface area contributed by atoms with Crippen molar-refractivity contribution in [2.75, 3.05) is 5.73 Å². The fraction of sp³-hybridized carbons (Fsp3) is 0.467. The van der Waals surface area contributed by atoms with Gasteiger partial charge in [0.25, 0.3) is 5.89 Å². The molecule has 0 aliphatic heterocycles. The van der Waals surface area contributed by atoms with Crippen molar-refractivity contribution in [1.29, 1.82) is 0 Å². The first-order valence-corrected chi connectivity index (χ1v) is 6.84. The molecule has 1 heterocycles. The van der Waals surface area contributed by atoms with Gasteiger partial charge < -0.3 is 10.3 Å². The number of anilines is 1. The molecule has 1 aliphatic rings. The first-order valence-electron chi connectivity index (χ1n) is 6.84. The molecule has 1 aromatic carbocycles. The summed E-state index contributed by atoms with van der Waals surface area (Å²) < 4.78 is 5.42. The van der Waals surface area contributed by atoms with E-state index in [0.717, 1.165) is 35.7 Å². The highest BCUT2D eigenvalue weighted by atomic mass is 16.5. The molecule has 4 heteroatoms. The number of hydrogen-bond donors (Lipinski definition) is 1. The maximum atomic E-state index is 6.01. The zero-order valence-corrected chi connectivity index (χ0v) is 11.4. The van der Waals surface area contributed by atoms with Crippen LogP contribution in [0.4, 0.5) is 5.69 Å². The molecule has 1 fully saturated rings. The van der Waals surface area contributed by atoms with Gasteiger partial charge in [-0.3, -0.25) is 0 Å². The maximum Gasteiger partial charge on any atom is 0.260 e. The summed E-state index contributed by atoms with van der Waals surface area (Å²) >= 11 is 0. The lowest BCUT2D eigenvalue weighted by Gasteiger charge is -2.04. The third-order valence-electron chi connectivity index (χ3n) is 4.02. The summed E-state index contributed by atoms with van der Waals surface area (Å²) in [6, 6.07) is 5.81. The number of nitrogen functional groups attached to an aromatic ring is 1. The van der Waals surface area contributed by atoms with E-state index in [0.29, 0.717) is 17.5 Å². The van der Waals surface area contributed by atoms with E-state index in [-0.39, 0.29) is 0 Å². The van der Waals surface area contributed by atoms with Crippen molar-refractivity contribution in [3.05, 3.63) is 29.6 Å². The Hall–Kier alpha value is -1.84. The number of aromatic nitrogens is 2. The molecule has 3 rings (SSSR count). The molecule has 100 valence electrons. The van der Waals surface area contributed by atoms with Crippen LogP contribution in [-0.4, -0.2) is 10.1 Å². The van der Waals surface area contributed by atoms with Gasteiger partial charge in [-0.25, -0.2) is 0 Å². The molecule has 2 unspecified atom stereocenters. The highest BCUT2D eigenvalue weighted by Crippen LogP contribution is 2.37. The third kappa shape index (κ3) is 2.23. The van der Waals surface area contributed by atoms with Crippen LogP contribution in [0.2, 0.25) is 0 Å². The highest BCUT2D eigenvalue weighted by molar-refractivity contribution is 5.73. The number of rotatable bonds is 2. The zero-order chi connectivity index (χ0) is 13.4. The van der Waals surface area contributed by atoms with Gasteiger partial charge in [0.05, 0.1) is 5.56 Å². The Morgan fingerprint density at radius 2 is 2.16 bits per heavy atom. The summed E-state index contributed by atoms with van der Waals surface area (Å²) in [5.74, 6) is 2.58. The summed E-state index contributed by atoms with van der Waals surface area (Å²) in [6.07, 6.45) is 3.56. The van der Waals surface area contributed by atoms with Gasteiger partial charge in [0, 0.05) is 11.6 Å². The lowest BCUT2D eigenvalue weighted by atomic mass is 10.1. The highest BCUT2D eigenvalue weighted by Gasteiger charge is 2.27. The smallest absolute Gasteiger partial charge is 0.260 e. The van der Waals surface area contributed by atoms with Crippen LogP contribution < -0.4 is 5.73 Å². The number of nitrogens with two attached hydrogens (primary N) is 1.